The van der Waals surface area contributed by atoms with Gasteiger partial charge in [-0.25, -0.2) is 0 Å². The summed E-state index contributed by atoms with van der Waals surface area (Å²) in [6, 6.07) is 9.46. The van der Waals surface area contributed by atoms with Crippen LogP contribution in [-0.4, -0.2) is 18.3 Å². The summed E-state index contributed by atoms with van der Waals surface area (Å²) < 4.78 is 0. The smallest absolute Gasteiger partial charge is 0.0991 e. The Bertz CT molecular complexity index is 374. The number of nitrogens with zero attached hydrogens (tertiary/aromatic N) is 1. The molecule has 1 aromatic carbocycles. The SMILES string of the molecule is N#Cc1ccc(NCC2(CO)CC2)cc1. The molecule has 0 aromatic heterocycles. The zero-order valence-corrected chi connectivity index (χ0v) is 8.53. The van der Waals surface area contributed by atoms with Gasteiger partial charge in [0.25, 0.3) is 0 Å². The number of anilines is 1. The van der Waals surface area contributed by atoms with Gasteiger partial charge in [-0.15, -0.1) is 0 Å². The van der Waals surface area contributed by atoms with Gasteiger partial charge in [-0.05, 0) is 37.1 Å². The van der Waals surface area contributed by atoms with E-state index in [1.165, 1.54) is 0 Å². The summed E-state index contributed by atoms with van der Waals surface area (Å²) in [6.07, 6.45) is 2.21. The molecule has 0 amide bonds. The molecule has 1 aliphatic rings. The quantitative estimate of drug-likeness (QED) is 0.782. The van der Waals surface area contributed by atoms with Crippen molar-refractivity contribution in [1.29, 1.82) is 5.26 Å². The average Bonchev–Trinajstić information content (AvgIpc) is 3.08. The van der Waals surface area contributed by atoms with Crippen LogP contribution < -0.4 is 5.32 Å². The van der Waals surface area contributed by atoms with Gasteiger partial charge in [0.2, 0.25) is 0 Å². The fraction of sp³-hybridized carbons (Fsp3) is 0.417. The third-order valence-corrected chi connectivity index (χ3v) is 2.97. The van der Waals surface area contributed by atoms with Crippen LogP contribution >= 0.6 is 0 Å². The topological polar surface area (TPSA) is 56.0 Å². The van der Waals surface area contributed by atoms with Crippen molar-refractivity contribution in [3.8, 4) is 6.07 Å². The van der Waals surface area contributed by atoms with Gasteiger partial charge in [-0.1, -0.05) is 0 Å². The number of rotatable bonds is 4. The lowest BCUT2D eigenvalue weighted by atomic mass is 10.1. The van der Waals surface area contributed by atoms with Gasteiger partial charge in [0, 0.05) is 17.6 Å². The molecule has 1 saturated carbocycles. The first-order valence-electron chi connectivity index (χ1n) is 5.13. The van der Waals surface area contributed by atoms with E-state index in [4.69, 9.17) is 10.4 Å². The van der Waals surface area contributed by atoms with Crippen molar-refractivity contribution in [2.24, 2.45) is 5.41 Å². The number of hydrogen-bond acceptors (Lipinski definition) is 3. The molecule has 3 nitrogen and oxygen atoms in total. The second-order valence-electron chi connectivity index (χ2n) is 4.20. The van der Waals surface area contributed by atoms with E-state index >= 15 is 0 Å². The molecular formula is C12H14N2O. The van der Waals surface area contributed by atoms with E-state index in [2.05, 4.69) is 11.4 Å². The summed E-state index contributed by atoms with van der Waals surface area (Å²) in [7, 11) is 0. The van der Waals surface area contributed by atoms with Crippen LogP contribution in [0.4, 0.5) is 5.69 Å². The maximum atomic E-state index is 9.13. The van der Waals surface area contributed by atoms with Gasteiger partial charge in [-0.3, -0.25) is 0 Å². The van der Waals surface area contributed by atoms with Crippen molar-refractivity contribution in [2.45, 2.75) is 12.8 Å². The molecule has 1 aromatic rings. The highest BCUT2D eigenvalue weighted by atomic mass is 16.3. The minimum Gasteiger partial charge on any atom is -0.396 e. The summed E-state index contributed by atoms with van der Waals surface area (Å²) in [5.74, 6) is 0. The third-order valence-electron chi connectivity index (χ3n) is 2.97. The van der Waals surface area contributed by atoms with E-state index in [9.17, 15) is 0 Å². The van der Waals surface area contributed by atoms with Gasteiger partial charge in [0.15, 0.2) is 0 Å². The van der Waals surface area contributed by atoms with Crippen molar-refractivity contribution >= 4 is 5.69 Å². The summed E-state index contributed by atoms with van der Waals surface area (Å²) in [6.45, 7) is 1.08. The van der Waals surface area contributed by atoms with E-state index in [-0.39, 0.29) is 12.0 Å². The highest BCUT2D eigenvalue weighted by molar-refractivity contribution is 5.47. The Morgan fingerprint density at radius 2 is 2.00 bits per heavy atom. The third kappa shape index (κ3) is 2.28. The number of aliphatic hydroxyl groups excluding tert-OH is 1. The molecule has 15 heavy (non-hydrogen) atoms. The van der Waals surface area contributed by atoms with Gasteiger partial charge in [0.05, 0.1) is 18.2 Å². The lowest BCUT2D eigenvalue weighted by Gasteiger charge is -2.13. The van der Waals surface area contributed by atoms with Crippen LogP contribution in [-0.2, 0) is 0 Å². The molecule has 0 spiro atoms. The van der Waals surface area contributed by atoms with Crippen LogP contribution in [0.5, 0.6) is 0 Å². The molecule has 1 aliphatic carbocycles. The molecule has 0 unspecified atom stereocenters. The van der Waals surface area contributed by atoms with Crippen molar-refractivity contribution < 1.29 is 5.11 Å². The van der Waals surface area contributed by atoms with Crippen LogP contribution in [0.2, 0.25) is 0 Å². The average molecular weight is 202 g/mol. The van der Waals surface area contributed by atoms with Crippen LogP contribution in [0, 0.1) is 16.7 Å². The molecule has 0 saturated heterocycles. The largest absolute Gasteiger partial charge is 0.396 e. The minimum atomic E-state index is 0.119. The molecule has 2 rings (SSSR count). The Kier molecular flexibility index (Phi) is 2.61. The summed E-state index contributed by atoms with van der Waals surface area (Å²) in [5, 5.41) is 21.0. The Morgan fingerprint density at radius 1 is 1.33 bits per heavy atom. The summed E-state index contributed by atoms with van der Waals surface area (Å²) in [4.78, 5) is 0. The highest BCUT2D eigenvalue weighted by Gasteiger charge is 2.41. The fourth-order valence-corrected chi connectivity index (χ4v) is 1.52. The zero-order valence-electron chi connectivity index (χ0n) is 8.53. The van der Waals surface area contributed by atoms with Crippen LogP contribution in [0.3, 0.4) is 0 Å². The van der Waals surface area contributed by atoms with Gasteiger partial charge in [0.1, 0.15) is 0 Å². The Balaban J connectivity index is 1.91. The van der Waals surface area contributed by atoms with Crippen molar-refractivity contribution in [2.75, 3.05) is 18.5 Å². The van der Waals surface area contributed by atoms with Crippen molar-refractivity contribution in [3.63, 3.8) is 0 Å². The standard InChI is InChI=1S/C12H14N2O/c13-7-10-1-3-11(4-2-10)14-8-12(9-15)5-6-12/h1-4,14-15H,5-6,8-9H2. The monoisotopic (exact) mass is 202 g/mol. The number of nitriles is 1. The molecule has 2 N–H and O–H groups in total. The predicted molar refractivity (Wildman–Crippen MR) is 58.4 cm³/mol. The van der Waals surface area contributed by atoms with Crippen molar-refractivity contribution in [1.82, 2.24) is 0 Å². The maximum Gasteiger partial charge on any atom is 0.0991 e. The van der Waals surface area contributed by atoms with E-state index in [1.807, 2.05) is 12.1 Å². The molecule has 78 valence electrons. The minimum absolute atomic E-state index is 0.119. The molecule has 0 radical (unpaired) electrons. The Morgan fingerprint density at radius 3 is 2.47 bits per heavy atom. The summed E-state index contributed by atoms with van der Waals surface area (Å²) in [5.41, 5.74) is 1.80. The first-order chi connectivity index (χ1) is 7.28. The molecule has 3 heteroatoms. The molecular weight excluding hydrogens is 188 g/mol. The van der Waals surface area contributed by atoms with Crippen LogP contribution in [0.25, 0.3) is 0 Å². The number of aliphatic hydroxyl groups is 1. The van der Waals surface area contributed by atoms with Crippen molar-refractivity contribution in [3.05, 3.63) is 29.8 Å². The zero-order chi connectivity index (χ0) is 10.7. The van der Waals surface area contributed by atoms with E-state index < -0.39 is 0 Å². The number of hydrogen-bond donors (Lipinski definition) is 2. The van der Waals surface area contributed by atoms with Gasteiger partial charge in [-0.2, -0.15) is 5.26 Å². The van der Waals surface area contributed by atoms with Gasteiger partial charge >= 0.3 is 0 Å². The lowest BCUT2D eigenvalue weighted by molar-refractivity contribution is 0.220. The molecule has 0 bridgehead atoms. The molecule has 1 fully saturated rings. The van der Waals surface area contributed by atoms with E-state index in [1.54, 1.807) is 12.1 Å². The highest BCUT2D eigenvalue weighted by Crippen LogP contribution is 2.44. The van der Waals surface area contributed by atoms with Crippen LogP contribution in [0.1, 0.15) is 18.4 Å². The van der Waals surface area contributed by atoms with E-state index in [0.29, 0.717) is 5.56 Å². The fourth-order valence-electron chi connectivity index (χ4n) is 1.52. The van der Waals surface area contributed by atoms with E-state index in [0.717, 1.165) is 25.1 Å². The Labute approximate surface area is 89.4 Å². The predicted octanol–water partition coefficient (Wildman–Crippen LogP) is 1.74. The van der Waals surface area contributed by atoms with Crippen LogP contribution in [0.15, 0.2) is 24.3 Å². The number of benzene rings is 1. The second-order valence-corrected chi connectivity index (χ2v) is 4.20. The molecule has 0 aliphatic heterocycles. The normalized spacial score (nSPS) is 16.8. The first kappa shape index (κ1) is 10.0. The number of nitrogens with one attached hydrogen (secondary N) is 1. The second kappa shape index (κ2) is 3.92. The summed E-state index contributed by atoms with van der Waals surface area (Å²) >= 11 is 0. The Hall–Kier alpha value is -1.53. The first-order valence-corrected chi connectivity index (χ1v) is 5.13. The molecule has 0 atom stereocenters. The van der Waals surface area contributed by atoms with Gasteiger partial charge < -0.3 is 10.4 Å². The maximum absolute atomic E-state index is 9.13. The molecule has 0 heterocycles. The lowest BCUT2D eigenvalue weighted by Crippen LogP contribution is -2.18.